The molecule has 5 nitrogen and oxygen atoms in total. The monoisotopic (exact) mass is 406 g/mol. The van der Waals surface area contributed by atoms with Gasteiger partial charge in [0.1, 0.15) is 0 Å². The quantitative estimate of drug-likeness (QED) is 0.680. The summed E-state index contributed by atoms with van der Waals surface area (Å²) in [5, 5.41) is 3.12. The molecule has 2 aromatic rings. The standard InChI is InChI=1S/C25H30N2O3/c1-16(2)14-18-8-10-19(11-9-18)24(17(3)4)26-25(30)20-6-5-7-21(15-20)27-22(28)12-13-23(27)29/h5-11,15-17,24H,12-14H2,1-4H3,(H,26,30). The first-order valence-electron chi connectivity index (χ1n) is 10.6. The molecule has 2 aromatic carbocycles. The molecule has 1 unspecified atom stereocenters. The molecule has 0 saturated carbocycles. The summed E-state index contributed by atoms with van der Waals surface area (Å²) in [7, 11) is 0. The highest BCUT2D eigenvalue weighted by Gasteiger charge is 2.30. The fraction of sp³-hybridized carbons (Fsp3) is 0.400. The van der Waals surface area contributed by atoms with Gasteiger partial charge in [0.25, 0.3) is 5.91 Å². The van der Waals surface area contributed by atoms with Crippen LogP contribution >= 0.6 is 0 Å². The van der Waals surface area contributed by atoms with Crippen LogP contribution in [0.3, 0.4) is 0 Å². The Labute approximate surface area is 178 Å². The van der Waals surface area contributed by atoms with E-state index in [0.29, 0.717) is 17.2 Å². The second kappa shape index (κ2) is 9.24. The molecule has 1 N–H and O–H groups in total. The summed E-state index contributed by atoms with van der Waals surface area (Å²) in [6, 6.07) is 15.0. The van der Waals surface area contributed by atoms with Gasteiger partial charge in [-0.25, -0.2) is 0 Å². The fourth-order valence-corrected chi connectivity index (χ4v) is 3.84. The zero-order valence-electron chi connectivity index (χ0n) is 18.1. The molecule has 0 aliphatic carbocycles. The minimum atomic E-state index is -0.223. The number of hydrogen-bond acceptors (Lipinski definition) is 3. The van der Waals surface area contributed by atoms with Gasteiger partial charge in [-0.1, -0.05) is 58.0 Å². The zero-order chi connectivity index (χ0) is 21.8. The molecule has 3 rings (SSSR count). The number of hydrogen-bond donors (Lipinski definition) is 1. The average molecular weight is 407 g/mol. The lowest BCUT2D eigenvalue weighted by Gasteiger charge is -2.24. The third-order valence-electron chi connectivity index (χ3n) is 5.35. The fourth-order valence-electron chi connectivity index (χ4n) is 3.84. The van der Waals surface area contributed by atoms with Crippen molar-refractivity contribution in [3.8, 4) is 0 Å². The average Bonchev–Trinajstić information content (AvgIpc) is 3.04. The van der Waals surface area contributed by atoms with Crippen molar-refractivity contribution in [2.75, 3.05) is 4.90 Å². The molecule has 158 valence electrons. The maximum atomic E-state index is 13.0. The van der Waals surface area contributed by atoms with Gasteiger partial charge in [-0.2, -0.15) is 0 Å². The van der Waals surface area contributed by atoms with E-state index < -0.39 is 0 Å². The first kappa shape index (κ1) is 21.8. The Bertz CT molecular complexity index is 916. The lowest BCUT2D eigenvalue weighted by atomic mass is 9.93. The van der Waals surface area contributed by atoms with Gasteiger partial charge in [0.05, 0.1) is 11.7 Å². The Kier molecular flexibility index (Phi) is 6.70. The van der Waals surface area contributed by atoms with E-state index in [-0.39, 0.29) is 42.5 Å². The molecule has 0 aromatic heterocycles. The molecule has 1 aliphatic rings. The van der Waals surface area contributed by atoms with Crippen LogP contribution in [0.15, 0.2) is 48.5 Å². The Morgan fingerprint density at radius 1 is 0.967 bits per heavy atom. The van der Waals surface area contributed by atoms with Crippen molar-refractivity contribution < 1.29 is 14.4 Å². The SMILES string of the molecule is CC(C)Cc1ccc(C(NC(=O)c2cccc(N3C(=O)CCC3=O)c2)C(C)C)cc1. The largest absolute Gasteiger partial charge is 0.345 e. The highest BCUT2D eigenvalue weighted by atomic mass is 16.2. The van der Waals surface area contributed by atoms with Crippen molar-refractivity contribution in [3.05, 3.63) is 65.2 Å². The number of nitrogens with zero attached hydrogens (tertiary/aromatic N) is 1. The van der Waals surface area contributed by atoms with E-state index in [4.69, 9.17) is 0 Å². The molecular weight excluding hydrogens is 376 g/mol. The maximum absolute atomic E-state index is 13.0. The summed E-state index contributed by atoms with van der Waals surface area (Å²) in [6.45, 7) is 8.54. The molecule has 1 atom stereocenters. The van der Waals surface area contributed by atoms with Gasteiger partial charge >= 0.3 is 0 Å². The van der Waals surface area contributed by atoms with E-state index in [1.54, 1.807) is 24.3 Å². The van der Waals surface area contributed by atoms with Crippen molar-refractivity contribution >= 4 is 23.4 Å². The minimum absolute atomic E-state index is 0.135. The van der Waals surface area contributed by atoms with Gasteiger partial charge in [-0.15, -0.1) is 0 Å². The lowest BCUT2D eigenvalue weighted by molar-refractivity contribution is -0.121. The summed E-state index contributed by atoms with van der Waals surface area (Å²) in [5.74, 6) is 0.132. The van der Waals surface area contributed by atoms with E-state index in [2.05, 4.69) is 57.3 Å². The number of rotatable bonds is 7. The first-order chi connectivity index (χ1) is 14.3. The minimum Gasteiger partial charge on any atom is -0.345 e. The second-order valence-electron chi connectivity index (χ2n) is 8.71. The van der Waals surface area contributed by atoms with Crippen LogP contribution in [0.25, 0.3) is 0 Å². The van der Waals surface area contributed by atoms with Crippen LogP contribution in [-0.4, -0.2) is 17.7 Å². The smallest absolute Gasteiger partial charge is 0.251 e. The summed E-state index contributed by atoms with van der Waals surface area (Å²) in [6.07, 6.45) is 1.47. The third kappa shape index (κ3) is 4.96. The summed E-state index contributed by atoms with van der Waals surface area (Å²) in [4.78, 5) is 38.2. The number of carbonyl (C=O) groups is 3. The Morgan fingerprint density at radius 3 is 2.17 bits per heavy atom. The van der Waals surface area contributed by atoms with Gasteiger partial charge in [0, 0.05) is 18.4 Å². The van der Waals surface area contributed by atoms with Gasteiger partial charge < -0.3 is 5.32 Å². The number of carbonyl (C=O) groups excluding carboxylic acids is 3. The predicted molar refractivity (Wildman–Crippen MR) is 118 cm³/mol. The van der Waals surface area contributed by atoms with Crippen LogP contribution < -0.4 is 10.2 Å². The molecule has 3 amide bonds. The second-order valence-corrected chi connectivity index (χ2v) is 8.71. The van der Waals surface area contributed by atoms with Gasteiger partial charge in [-0.3, -0.25) is 19.3 Å². The van der Waals surface area contributed by atoms with Crippen LogP contribution in [0.4, 0.5) is 5.69 Å². The zero-order valence-corrected chi connectivity index (χ0v) is 18.1. The molecule has 0 bridgehead atoms. The van der Waals surface area contributed by atoms with Crippen molar-refractivity contribution in [2.24, 2.45) is 11.8 Å². The maximum Gasteiger partial charge on any atom is 0.251 e. The van der Waals surface area contributed by atoms with Gasteiger partial charge in [-0.05, 0) is 47.6 Å². The van der Waals surface area contributed by atoms with Crippen molar-refractivity contribution in [1.29, 1.82) is 0 Å². The van der Waals surface area contributed by atoms with Gasteiger partial charge in [0.15, 0.2) is 0 Å². The molecule has 1 saturated heterocycles. The normalized spacial score (nSPS) is 15.2. The van der Waals surface area contributed by atoms with E-state index in [0.717, 1.165) is 12.0 Å². The van der Waals surface area contributed by atoms with E-state index in [1.165, 1.54) is 10.5 Å². The van der Waals surface area contributed by atoms with E-state index in [9.17, 15) is 14.4 Å². The molecule has 0 spiro atoms. The number of anilines is 1. The van der Waals surface area contributed by atoms with Crippen molar-refractivity contribution in [3.63, 3.8) is 0 Å². The summed E-state index contributed by atoms with van der Waals surface area (Å²) in [5.41, 5.74) is 3.23. The van der Waals surface area contributed by atoms with E-state index in [1.807, 2.05) is 0 Å². The molecule has 0 radical (unpaired) electrons. The molecular formula is C25H30N2O3. The van der Waals surface area contributed by atoms with Crippen molar-refractivity contribution in [1.82, 2.24) is 5.32 Å². The molecule has 1 aliphatic heterocycles. The van der Waals surface area contributed by atoms with Crippen LogP contribution in [0.2, 0.25) is 0 Å². The number of amides is 3. The number of nitrogens with one attached hydrogen (secondary N) is 1. The third-order valence-corrected chi connectivity index (χ3v) is 5.35. The summed E-state index contributed by atoms with van der Waals surface area (Å²) < 4.78 is 0. The number of imide groups is 1. The highest BCUT2D eigenvalue weighted by Crippen LogP contribution is 2.26. The van der Waals surface area contributed by atoms with Gasteiger partial charge in [0.2, 0.25) is 11.8 Å². The Hall–Kier alpha value is -2.95. The molecule has 1 fully saturated rings. The highest BCUT2D eigenvalue weighted by molar-refractivity contribution is 6.20. The lowest BCUT2D eigenvalue weighted by Crippen LogP contribution is -2.32. The van der Waals surface area contributed by atoms with Crippen LogP contribution in [0.1, 0.15) is 68.1 Å². The summed E-state index contributed by atoms with van der Waals surface area (Å²) >= 11 is 0. The number of benzene rings is 2. The van der Waals surface area contributed by atoms with Crippen molar-refractivity contribution in [2.45, 2.75) is 53.0 Å². The predicted octanol–water partition coefficient (Wildman–Crippen LogP) is 4.67. The topological polar surface area (TPSA) is 66.5 Å². The first-order valence-corrected chi connectivity index (χ1v) is 10.6. The Morgan fingerprint density at radius 2 is 1.60 bits per heavy atom. The van der Waals surface area contributed by atoms with E-state index >= 15 is 0 Å². The Balaban J connectivity index is 1.78. The molecule has 5 heteroatoms. The molecule has 30 heavy (non-hydrogen) atoms. The van der Waals surface area contributed by atoms with Crippen LogP contribution in [0.5, 0.6) is 0 Å². The van der Waals surface area contributed by atoms with Crippen LogP contribution in [-0.2, 0) is 16.0 Å². The van der Waals surface area contributed by atoms with Crippen LogP contribution in [0, 0.1) is 11.8 Å². The molecule has 1 heterocycles.